The zero-order chi connectivity index (χ0) is 11.6. The molecule has 1 aliphatic heterocycles. The van der Waals surface area contributed by atoms with Crippen LogP contribution in [0.2, 0.25) is 0 Å². The van der Waals surface area contributed by atoms with Crippen LogP contribution in [-0.2, 0) is 6.54 Å². The van der Waals surface area contributed by atoms with E-state index in [1.807, 2.05) is 35.2 Å². The van der Waals surface area contributed by atoms with Crippen molar-refractivity contribution in [2.45, 2.75) is 31.7 Å². The molecule has 88 valence electrons. The molecule has 1 aromatic carbocycles. The molecule has 0 saturated carbocycles. The third-order valence-corrected chi connectivity index (χ3v) is 2.93. The summed E-state index contributed by atoms with van der Waals surface area (Å²) in [5.41, 5.74) is 0.263. The standard InChI is InChI=1S/C13H18FNO/c1-13(16)7-12(14)9-15(10-13)8-11-5-3-2-4-6-11/h2-6,12,16H,7-10H2,1H3/t12-,13-/m1/s1. The molecule has 0 aromatic heterocycles. The lowest BCUT2D eigenvalue weighted by Crippen LogP contribution is -2.50. The first kappa shape index (κ1) is 11.6. The van der Waals surface area contributed by atoms with Gasteiger partial charge in [0.15, 0.2) is 0 Å². The van der Waals surface area contributed by atoms with E-state index >= 15 is 0 Å². The van der Waals surface area contributed by atoms with Gasteiger partial charge in [-0.25, -0.2) is 4.39 Å². The van der Waals surface area contributed by atoms with Crippen LogP contribution in [0.3, 0.4) is 0 Å². The first-order valence-electron chi connectivity index (χ1n) is 5.68. The Kier molecular flexibility index (Phi) is 3.26. The number of halogens is 1. The fraction of sp³-hybridized carbons (Fsp3) is 0.538. The van der Waals surface area contributed by atoms with E-state index in [1.165, 1.54) is 0 Å². The smallest absolute Gasteiger partial charge is 0.116 e. The normalized spacial score (nSPS) is 31.6. The van der Waals surface area contributed by atoms with E-state index in [0.717, 1.165) is 5.56 Å². The lowest BCUT2D eigenvalue weighted by Gasteiger charge is -2.38. The van der Waals surface area contributed by atoms with Gasteiger partial charge in [0.1, 0.15) is 6.17 Å². The first-order valence-corrected chi connectivity index (χ1v) is 5.68. The predicted octanol–water partition coefficient (Wildman–Crippen LogP) is 1.98. The van der Waals surface area contributed by atoms with Gasteiger partial charge in [0.05, 0.1) is 5.60 Å². The quantitative estimate of drug-likeness (QED) is 0.828. The molecule has 1 fully saturated rings. The van der Waals surface area contributed by atoms with E-state index in [9.17, 15) is 9.50 Å². The highest BCUT2D eigenvalue weighted by molar-refractivity contribution is 5.14. The van der Waals surface area contributed by atoms with Gasteiger partial charge in [-0.05, 0) is 12.5 Å². The molecule has 1 aromatic rings. The Morgan fingerprint density at radius 3 is 2.75 bits per heavy atom. The van der Waals surface area contributed by atoms with Crippen molar-refractivity contribution < 1.29 is 9.50 Å². The molecule has 0 spiro atoms. The third kappa shape index (κ3) is 3.03. The van der Waals surface area contributed by atoms with Gasteiger partial charge in [-0.3, -0.25) is 4.90 Å². The Morgan fingerprint density at radius 2 is 2.12 bits per heavy atom. The molecule has 1 N–H and O–H groups in total. The number of likely N-dealkylation sites (tertiary alicyclic amines) is 1. The van der Waals surface area contributed by atoms with Crippen LogP contribution in [0.4, 0.5) is 4.39 Å². The largest absolute Gasteiger partial charge is 0.389 e. The fourth-order valence-electron chi connectivity index (χ4n) is 2.39. The van der Waals surface area contributed by atoms with Gasteiger partial charge < -0.3 is 5.11 Å². The number of rotatable bonds is 2. The molecule has 1 aliphatic rings. The highest BCUT2D eigenvalue weighted by Crippen LogP contribution is 2.23. The van der Waals surface area contributed by atoms with Crippen molar-refractivity contribution in [1.29, 1.82) is 0 Å². The summed E-state index contributed by atoms with van der Waals surface area (Å²) >= 11 is 0. The maximum atomic E-state index is 13.4. The van der Waals surface area contributed by atoms with E-state index in [0.29, 0.717) is 19.6 Å². The number of piperidine rings is 1. The summed E-state index contributed by atoms with van der Waals surface area (Å²) in [5, 5.41) is 9.91. The van der Waals surface area contributed by atoms with Crippen LogP contribution >= 0.6 is 0 Å². The van der Waals surface area contributed by atoms with E-state index in [4.69, 9.17) is 0 Å². The van der Waals surface area contributed by atoms with Gasteiger partial charge in [0.25, 0.3) is 0 Å². The molecular formula is C13H18FNO. The van der Waals surface area contributed by atoms with E-state index < -0.39 is 11.8 Å². The number of hydrogen-bond acceptors (Lipinski definition) is 2. The average molecular weight is 223 g/mol. The zero-order valence-electron chi connectivity index (χ0n) is 9.56. The van der Waals surface area contributed by atoms with Crippen LogP contribution < -0.4 is 0 Å². The molecule has 1 heterocycles. The Balaban J connectivity index is 2.00. The molecule has 2 atom stereocenters. The Bertz CT molecular complexity index is 339. The van der Waals surface area contributed by atoms with Gasteiger partial charge >= 0.3 is 0 Å². The summed E-state index contributed by atoms with van der Waals surface area (Å²) in [4.78, 5) is 1.98. The van der Waals surface area contributed by atoms with Gasteiger partial charge in [0.2, 0.25) is 0 Å². The first-order chi connectivity index (χ1) is 7.55. The van der Waals surface area contributed by atoms with Crippen molar-refractivity contribution in [3.8, 4) is 0 Å². The van der Waals surface area contributed by atoms with Gasteiger partial charge in [-0.1, -0.05) is 30.3 Å². The highest BCUT2D eigenvalue weighted by atomic mass is 19.1. The minimum atomic E-state index is -0.924. The molecule has 0 amide bonds. The topological polar surface area (TPSA) is 23.5 Å². The maximum absolute atomic E-state index is 13.4. The molecule has 16 heavy (non-hydrogen) atoms. The van der Waals surface area contributed by atoms with Crippen LogP contribution in [0, 0.1) is 0 Å². The number of benzene rings is 1. The monoisotopic (exact) mass is 223 g/mol. The summed E-state index contributed by atoms with van der Waals surface area (Å²) in [6, 6.07) is 9.97. The SMILES string of the molecule is C[C@@]1(O)C[C@@H](F)CN(Cc2ccccc2)C1. The number of aliphatic hydroxyl groups is 1. The molecule has 2 rings (SSSR count). The second kappa shape index (κ2) is 4.52. The molecule has 0 bridgehead atoms. The minimum Gasteiger partial charge on any atom is -0.389 e. The third-order valence-electron chi connectivity index (χ3n) is 2.93. The van der Waals surface area contributed by atoms with Crippen molar-refractivity contribution in [3.63, 3.8) is 0 Å². The summed E-state index contributed by atoms with van der Waals surface area (Å²) in [6.45, 7) is 3.38. The lowest BCUT2D eigenvalue weighted by molar-refractivity contribution is -0.0490. The molecule has 3 heteroatoms. The minimum absolute atomic E-state index is 0.248. The zero-order valence-corrected chi connectivity index (χ0v) is 9.56. The Hall–Kier alpha value is -0.930. The molecule has 0 aliphatic carbocycles. The molecule has 2 nitrogen and oxygen atoms in total. The van der Waals surface area contributed by atoms with Crippen LogP contribution in [0.15, 0.2) is 30.3 Å². The maximum Gasteiger partial charge on any atom is 0.116 e. The molecular weight excluding hydrogens is 205 g/mol. The predicted molar refractivity (Wildman–Crippen MR) is 61.9 cm³/mol. The van der Waals surface area contributed by atoms with Crippen molar-refractivity contribution >= 4 is 0 Å². The summed E-state index contributed by atoms with van der Waals surface area (Å²) < 4.78 is 13.4. The number of alkyl halides is 1. The van der Waals surface area contributed by atoms with E-state index in [-0.39, 0.29) is 6.42 Å². The Labute approximate surface area is 95.7 Å². The number of hydrogen-bond donors (Lipinski definition) is 1. The lowest BCUT2D eigenvalue weighted by atomic mass is 9.93. The Morgan fingerprint density at radius 1 is 1.44 bits per heavy atom. The average Bonchev–Trinajstić information content (AvgIpc) is 2.15. The van der Waals surface area contributed by atoms with Crippen LogP contribution in [0.5, 0.6) is 0 Å². The van der Waals surface area contributed by atoms with Crippen LogP contribution in [0.25, 0.3) is 0 Å². The fourth-order valence-corrected chi connectivity index (χ4v) is 2.39. The van der Waals surface area contributed by atoms with Crippen molar-refractivity contribution in [2.75, 3.05) is 13.1 Å². The molecule has 0 radical (unpaired) electrons. The second-order valence-electron chi connectivity index (χ2n) is 4.95. The number of nitrogens with zero attached hydrogens (tertiary/aromatic N) is 1. The van der Waals surface area contributed by atoms with Gasteiger partial charge in [-0.2, -0.15) is 0 Å². The number of β-amino-alcohol motifs (C(OH)–C–C–N with tert-alkyl or cyclic N) is 1. The van der Waals surface area contributed by atoms with Crippen molar-refractivity contribution in [3.05, 3.63) is 35.9 Å². The van der Waals surface area contributed by atoms with Crippen LogP contribution in [0.1, 0.15) is 18.9 Å². The van der Waals surface area contributed by atoms with Crippen LogP contribution in [-0.4, -0.2) is 34.9 Å². The van der Waals surface area contributed by atoms with Crippen molar-refractivity contribution in [2.24, 2.45) is 0 Å². The second-order valence-corrected chi connectivity index (χ2v) is 4.95. The summed E-state index contributed by atoms with van der Waals surface area (Å²) in [7, 11) is 0. The summed E-state index contributed by atoms with van der Waals surface area (Å²) in [5.74, 6) is 0. The van der Waals surface area contributed by atoms with E-state index in [1.54, 1.807) is 6.92 Å². The van der Waals surface area contributed by atoms with Gasteiger partial charge in [-0.15, -0.1) is 0 Å². The summed E-state index contributed by atoms with van der Waals surface area (Å²) in [6.07, 6.45) is -0.675. The molecule has 1 saturated heterocycles. The van der Waals surface area contributed by atoms with E-state index in [2.05, 4.69) is 0 Å². The van der Waals surface area contributed by atoms with Gasteiger partial charge in [0, 0.05) is 26.1 Å². The molecule has 0 unspecified atom stereocenters. The highest BCUT2D eigenvalue weighted by Gasteiger charge is 2.34. The van der Waals surface area contributed by atoms with Crippen molar-refractivity contribution in [1.82, 2.24) is 4.90 Å².